The van der Waals surface area contributed by atoms with Crippen LogP contribution in [0.25, 0.3) is 0 Å². The molecule has 0 unspecified atom stereocenters. The molecule has 2 nitrogen and oxygen atoms in total. The number of hydrogen-bond acceptors (Lipinski definition) is 2. The molecule has 0 aliphatic heterocycles. The van der Waals surface area contributed by atoms with Crippen LogP contribution in [0.15, 0.2) is 12.1 Å². The molecule has 0 heterocycles. The second-order valence-electron chi connectivity index (χ2n) is 20.1. The zero-order chi connectivity index (χ0) is 48.1. The van der Waals surface area contributed by atoms with Crippen molar-refractivity contribution in [3.63, 3.8) is 0 Å². The molecule has 0 saturated carbocycles. The normalized spacial score (nSPS) is 10.5. The molecule has 2 radical (unpaired) electrons. The predicted octanol–water partition coefficient (Wildman–Crippen LogP) is 14.1. The summed E-state index contributed by atoms with van der Waals surface area (Å²) in [6.07, 6.45) is 45.4. The Balaban J connectivity index is -0.000000199. The van der Waals surface area contributed by atoms with E-state index in [0.29, 0.717) is 0 Å². The van der Waals surface area contributed by atoms with Crippen LogP contribution in [0.5, 0.6) is 0 Å². The van der Waals surface area contributed by atoms with Gasteiger partial charge in [0.15, 0.2) is 0 Å². The van der Waals surface area contributed by atoms with Crippen molar-refractivity contribution in [2.75, 3.05) is 39.3 Å². The molecule has 2 aromatic rings. The van der Waals surface area contributed by atoms with E-state index in [1.54, 1.807) is 0 Å². The van der Waals surface area contributed by atoms with Crippen molar-refractivity contribution < 1.29 is 68.2 Å². The molecule has 398 valence electrons. The maximum atomic E-state index is 4.11. The van der Waals surface area contributed by atoms with Gasteiger partial charge in [-0.05, 0) is 51.9 Å². The summed E-state index contributed by atoms with van der Waals surface area (Å²) in [7, 11) is 0. The van der Waals surface area contributed by atoms with Crippen molar-refractivity contribution in [3.05, 3.63) is 70.5 Å². The summed E-state index contributed by atoms with van der Waals surface area (Å²) in [4.78, 5) is 5.13. The third kappa shape index (κ3) is 48.9. The molecular weight excluding hydrogens is 939 g/mol. The van der Waals surface area contributed by atoms with Crippen LogP contribution in [0.1, 0.15) is 278 Å². The molecule has 0 spiro atoms. The summed E-state index contributed by atoms with van der Waals surface area (Å²) in [6.45, 7) is 41.8. The zero-order valence-electron chi connectivity index (χ0n) is 48.1. The van der Waals surface area contributed by atoms with Gasteiger partial charge in [0.25, 0.3) is 0 Å². The minimum absolute atomic E-state index is 0. The van der Waals surface area contributed by atoms with Gasteiger partial charge < -0.3 is 48.5 Å². The molecular formula is C62H118Cl2N2Ti2. The van der Waals surface area contributed by atoms with Crippen molar-refractivity contribution in [1.29, 1.82) is 0 Å². The van der Waals surface area contributed by atoms with E-state index in [1.165, 1.54) is 276 Å². The van der Waals surface area contributed by atoms with Crippen LogP contribution in [0, 0.1) is 69.2 Å². The third-order valence-electron chi connectivity index (χ3n) is 14.3. The zero-order valence-corrected chi connectivity index (χ0v) is 52.7. The first-order chi connectivity index (χ1) is 30.9. The summed E-state index contributed by atoms with van der Waals surface area (Å²) in [5, 5.41) is 0. The van der Waals surface area contributed by atoms with E-state index in [9.17, 15) is 0 Å². The Morgan fingerprint density at radius 3 is 0.544 bits per heavy atom. The summed E-state index contributed by atoms with van der Waals surface area (Å²) in [5.41, 5.74) is 11.5. The quantitative estimate of drug-likeness (QED) is 0.0376. The number of rotatable bonds is 38. The minimum Gasteiger partial charge on any atom is -1.00 e. The number of nitrogens with zero attached hydrogens (tertiary/aromatic N) is 2. The molecule has 68 heavy (non-hydrogen) atoms. The van der Waals surface area contributed by atoms with E-state index in [0.717, 1.165) is 13.1 Å². The standard InChI is InChI=1S/2C22H46N.2C9H13.2ClH.2Ti/c2*1-4-7-9-11-13-15-17-19-21-23(6-3)22-20-18-16-14-12-10-8-5-2;2*1-6-5-7(2)9(4)8(6)3;;;;/h2*3-22H2,1-2H3;2*5H,1-4H3;2*1H;;/q4*-1;;;2*+3/p-2. The summed E-state index contributed by atoms with van der Waals surface area (Å²) in [5.74, 6) is 0. The Hall–Kier alpha value is 0.629. The van der Waals surface area contributed by atoms with E-state index in [4.69, 9.17) is 0 Å². The van der Waals surface area contributed by atoms with Crippen molar-refractivity contribution in [3.8, 4) is 0 Å². The minimum atomic E-state index is 0. The number of halogens is 2. The summed E-state index contributed by atoms with van der Waals surface area (Å²) < 4.78 is 0. The van der Waals surface area contributed by atoms with Gasteiger partial charge in [0, 0.05) is 0 Å². The molecule has 2 aromatic carbocycles. The molecule has 0 atom stereocenters. The van der Waals surface area contributed by atoms with Gasteiger partial charge in [0.05, 0.1) is 0 Å². The van der Waals surface area contributed by atoms with Crippen molar-refractivity contribution in [2.24, 2.45) is 0 Å². The van der Waals surface area contributed by atoms with E-state index >= 15 is 0 Å². The number of hydrogen-bond donors (Lipinski definition) is 0. The van der Waals surface area contributed by atoms with E-state index in [2.05, 4.69) is 119 Å². The van der Waals surface area contributed by atoms with Crippen molar-refractivity contribution in [1.82, 2.24) is 9.80 Å². The van der Waals surface area contributed by atoms with Crippen LogP contribution in [0.4, 0.5) is 0 Å². The van der Waals surface area contributed by atoms with Gasteiger partial charge >= 0.3 is 43.4 Å². The molecule has 0 amide bonds. The maximum Gasteiger partial charge on any atom is 3.00 e. The van der Waals surface area contributed by atoms with E-state index < -0.39 is 0 Å². The topological polar surface area (TPSA) is 6.48 Å². The van der Waals surface area contributed by atoms with Crippen LogP contribution in [-0.4, -0.2) is 49.1 Å². The molecule has 0 aromatic heterocycles. The van der Waals surface area contributed by atoms with Crippen LogP contribution >= 0.6 is 0 Å². The van der Waals surface area contributed by atoms with Gasteiger partial charge in [-0.2, -0.15) is 56.6 Å². The summed E-state index contributed by atoms with van der Waals surface area (Å²) in [6, 6.07) is 4.48. The third-order valence-corrected chi connectivity index (χ3v) is 14.3. The molecule has 0 bridgehead atoms. The van der Waals surface area contributed by atoms with Gasteiger partial charge in [0.2, 0.25) is 0 Å². The monoisotopic (exact) mass is 1060 g/mol. The van der Waals surface area contributed by atoms with Gasteiger partial charge in [-0.1, -0.05) is 263 Å². The average Bonchev–Trinajstić information content (AvgIpc) is 3.65. The Kier molecular flexibility index (Phi) is 70.8. The van der Waals surface area contributed by atoms with Crippen molar-refractivity contribution >= 4 is 0 Å². The molecule has 2 rings (SSSR count). The van der Waals surface area contributed by atoms with Gasteiger partial charge in [-0.15, -0.1) is 13.1 Å². The SMILES string of the molecule is Cc1[cH-]c(C)c(C)c1C.Cc1[cH-]c(C)c(C)c1C.[CH2-]CN(CCCCCCCCCC)CCCCCCCCCC.[CH2-]CN(CCCCCCCCCC)CCCCCCCCCC.[Cl-].[Cl-].[Ti+3].[Ti+3]. The molecule has 6 heteroatoms. The van der Waals surface area contributed by atoms with Crippen LogP contribution in [-0.2, 0) is 43.4 Å². The first kappa shape index (κ1) is 80.0. The van der Waals surface area contributed by atoms with E-state index in [-0.39, 0.29) is 68.2 Å². The van der Waals surface area contributed by atoms with Crippen molar-refractivity contribution in [2.45, 2.75) is 289 Å². The molecule has 0 saturated heterocycles. The molecule has 0 N–H and O–H groups in total. The first-order valence-electron chi connectivity index (χ1n) is 28.4. The van der Waals surface area contributed by atoms with Crippen LogP contribution in [0.2, 0.25) is 0 Å². The Labute approximate surface area is 472 Å². The molecule has 0 fully saturated rings. The first-order valence-corrected chi connectivity index (χ1v) is 28.4. The summed E-state index contributed by atoms with van der Waals surface area (Å²) >= 11 is 0. The second kappa shape index (κ2) is 60.2. The molecule has 0 aliphatic carbocycles. The van der Waals surface area contributed by atoms with Gasteiger partial charge in [0.1, 0.15) is 0 Å². The van der Waals surface area contributed by atoms with E-state index in [1.807, 2.05) is 0 Å². The Morgan fingerprint density at radius 1 is 0.279 bits per heavy atom. The Morgan fingerprint density at radius 2 is 0.426 bits per heavy atom. The van der Waals surface area contributed by atoms with Crippen LogP contribution in [0.3, 0.4) is 0 Å². The fourth-order valence-corrected chi connectivity index (χ4v) is 8.81. The second-order valence-corrected chi connectivity index (χ2v) is 20.1. The van der Waals surface area contributed by atoms with Gasteiger partial charge in [-0.25, -0.2) is 0 Å². The molecule has 0 aliphatic rings. The maximum absolute atomic E-state index is 4.11. The number of aryl methyl sites for hydroxylation is 4. The predicted molar refractivity (Wildman–Crippen MR) is 296 cm³/mol. The fraction of sp³-hybridized carbons (Fsp3) is 0.806. The largest absolute Gasteiger partial charge is 3.00 e. The average molecular weight is 1060 g/mol. The van der Waals surface area contributed by atoms with Crippen LogP contribution < -0.4 is 24.8 Å². The fourth-order valence-electron chi connectivity index (χ4n) is 8.81. The Bertz CT molecular complexity index is 1060. The smallest absolute Gasteiger partial charge is 1.00 e. The number of unbranched alkanes of at least 4 members (excludes halogenated alkanes) is 28. The van der Waals surface area contributed by atoms with Gasteiger partial charge in [-0.3, -0.25) is 0 Å².